The number of rotatable bonds is 8. The van der Waals surface area contributed by atoms with Crippen LogP contribution in [0.15, 0.2) is 91.0 Å². The minimum absolute atomic E-state index is 0.199. The molecule has 43 heavy (non-hydrogen) atoms. The molecule has 0 bridgehead atoms. The van der Waals surface area contributed by atoms with Crippen LogP contribution in [0.1, 0.15) is 34.5 Å². The van der Waals surface area contributed by atoms with Crippen molar-refractivity contribution in [3.05, 3.63) is 113 Å². The van der Waals surface area contributed by atoms with Crippen molar-refractivity contribution in [3.8, 4) is 5.75 Å². The van der Waals surface area contributed by atoms with E-state index in [4.69, 9.17) is 16.3 Å². The van der Waals surface area contributed by atoms with Crippen LogP contribution in [0.25, 0.3) is 0 Å². The van der Waals surface area contributed by atoms with Crippen LogP contribution >= 0.6 is 11.6 Å². The predicted octanol–water partition coefficient (Wildman–Crippen LogP) is 7.12. The highest BCUT2D eigenvalue weighted by atomic mass is 35.5. The number of methoxy groups -OCH3 is 1. The number of para-hydroxylation sites is 2. The van der Waals surface area contributed by atoms with E-state index in [9.17, 15) is 9.59 Å². The Kier molecular flexibility index (Phi) is 9.37. The number of piperazine rings is 1. The van der Waals surface area contributed by atoms with Crippen LogP contribution in [0.2, 0.25) is 5.02 Å². The Labute approximate surface area is 257 Å². The number of ether oxygens (including phenoxy) is 1. The summed E-state index contributed by atoms with van der Waals surface area (Å²) in [6.07, 6.45) is 0. The van der Waals surface area contributed by atoms with Crippen molar-refractivity contribution in [2.45, 2.75) is 19.9 Å². The quantitative estimate of drug-likeness (QED) is 0.201. The molecule has 0 radical (unpaired) electrons. The fraction of sp³-hybridized carbons (Fsp3) is 0.235. The van der Waals surface area contributed by atoms with E-state index in [1.54, 1.807) is 25.3 Å². The van der Waals surface area contributed by atoms with Gasteiger partial charge in [-0.3, -0.25) is 4.79 Å². The van der Waals surface area contributed by atoms with Gasteiger partial charge in [-0.15, -0.1) is 0 Å². The molecule has 3 N–H and O–H groups in total. The third-order valence-corrected chi connectivity index (χ3v) is 8.03. The van der Waals surface area contributed by atoms with E-state index in [1.165, 1.54) is 0 Å². The van der Waals surface area contributed by atoms with Gasteiger partial charge in [-0.25, -0.2) is 4.79 Å². The normalized spacial score (nSPS) is 13.7. The molecule has 0 aliphatic carbocycles. The lowest BCUT2D eigenvalue weighted by Gasteiger charge is -2.38. The van der Waals surface area contributed by atoms with Crippen LogP contribution in [0.4, 0.5) is 27.5 Å². The summed E-state index contributed by atoms with van der Waals surface area (Å²) >= 11 is 6.22. The third-order valence-electron chi connectivity index (χ3n) is 7.62. The number of benzene rings is 4. The highest BCUT2D eigenvalue weighted by Gasteiger charge is 2.24. The van der Waals surface area contributed by atoms with Gasteiger partial charge in [0, 0.05) is 48.3 Å². The zero-order chi connectivity index (χ0) is 30.3. The summed E-state index contributed by atoms with van der Waals surface area (Å²) in [6, 6.07) is 28.0. The minimum Gasteiger partial charge on any atom is -0.495 e. The van der Waals surface area contributed by atoms with E-state index >= 15 is 0 Å². The van der Waals surface area contributed by atoms with Crippen molar-refractivity contribution in [2.24, 2.45) is 0 Å². The van der Waals surface area contributed by atoms with Crippen LogP contribution in [0.3, 0.4) is 0 Å². The number of aryl methyl sites for hydroxylation is 1. The molecule has 222 valence electrons. The molecule has 4 aromatic carbocycles. The molecule has 1 atom stereocenters. The Morgan fingerprint density at radius 2 is 1.40 bits per heavy atom. The smallest absolute Gasteiger partial charge is 0.323 e. The topological polar surface area (TPSA) is 85.9 Å². The number of nitrogens with zero attached hydrogens (tertiary/aromatic N) is 2. The third kappa shape index (κ3) is 7.21. The molecule has 1 aliphatic rings. The lowest BCUT2D eigenvalue weighted by molar-refractivity contribution is 0.0940. The van der Waals surface area contributed by atoms with Crippen LogP contribution in [0.5, 0.6) is 5.75 Å². The second kappa shape index (κ2) is 13.5. The zero-order valence-electron chi connectivity index (χ0n) is 24.6. The minimum atomic E-state index is -0.429. The molecular weight excluding hydrogens is 562 g/mol. The molecule has 3 amide bonds. The summed E-state index contributed by atoms with van der Waals surface area (Å²) in [7, 11) is 1.68. The molecule has 1 unspecified atom stereocenters. The number of urea groups is 1. The number of nitrogens with one attached hydrogen (secondary N) is 3. The number of carbonyl (C=O) groups excluding carboxylic acids is 2. The van der Waals surface area contributed by atoms with E-state index in [-0.39, 0.29) is 11.9 Å². The van der Waals surface area contributed by atoms with Crippen molar-refractivity contribution in [1.82, 2.24) is 5.32 Å². The van der Waals surface area contributed by atoms with Crippen molar-refractivity contribution in [2.75, 3.05) is 53.7 Å². The monoisotopic (exact) mass is 597 g/mol. The Balaban J connectivity index is 1.36. The van der Waals surface area contributed by atoms with Gasteiger partial charge in [0.05, 0.1) is 24.4 Å². The maximum Gasteiger partial charge on any atom is 0.323 e. The van der Waals surface area contributed by atoms with Crippen LogP contribution in [-0.4, -0.2) is 45.2 Å². The van der Waals surface area contributed by atoms with Crippen LogP contribution in [-0.2, 0) is 0 Å². The van der Waals surface area contributed by atoms with Crippen molar-refractivity contribution < 1.29 is 14.3 Å². The SMILES string of the molecule is COc1ccccc1N1CCN(c2ccc(NC(=O)Nc3ccc(C)c(Cl)c3)cc2C(=O)NC(C)c2ccccc2)CC1. The molecule has 1 saturated heterocycles. The van der Waals surface area contributed by atoms with Crippen LogP contribution in [0, 0.1) is 6.92 Å². The number of hydrogen-bond donors (Lipinski definition) is 3. The summed E-state index contributed by atoms with van der Waals surface area (Å²) in [5.41, 5.74) is 5.37. The Morgan fingerprint density at radius 3 is 2.07 bits per heavy atom. The molecule has 8 nitrogen and oxygen atoms in total. The van der Waals surface area contributed by atoms with Crippen molar-refractivity contribution >= 4 is 46.3 Å². The molecule has 9 heteroatoms. The van der Waals surface area contributed by atoms with Gasteiger partial charge in [0.15, 0.2) is 0 Å². The zero-order valence-corrected chi connectivity index (χ0v) is 25.3. The van der Waals surface area contributed by atoms with Gasteiger partial charge >= 0.3 is 6.03 Å². The summed E-state index contributed by atoms with van der Waals surface area (Å²) in [5.74, 6) is 0.625. The maximum atomic E-state index is 13.8. The van der Waals surface area contributed by atoms with Gasteiger partial charge in [0.2, 0.25) is 0 Å². The van der Waals surface area contributed by atoms with Gasteiger partial charge < -0.3 is 30.5 Å². The Morgan fingerprint density at radius 1 is 0.791 bits per heavy atom. The van der Waals surface area contributed by atoms with Crippen molar-refractivity contribution in [3.63, 3.8) is 0 Å². The van der Waals surface area contributed by atoms with Gasteiger partial charge in [-0.05, 0) is 67.4 Å². The van der Waals surface area contributed by atoms with Crippen molar-refractivity contribution in [1.29, 1.82) is 0 Å². The molecule has 4 aromatic rings. The fourth-order valence-electron chi connectivity index (χ4n) is 5.21. The van der Waals surface area contributed by atoms with E-state index in [0.717, 1.165) is 41.3 Å². The lowest BCUT2D eigenvalue weighted by Crippen LogP contribution is -2.47. The first-order valence-electron chi connectivity index (χ1n) is 14.3. The van der Waals surface area contributed by atoms with Gasteiger partial charge in [0.25, 0.3) is 5.91 Å². The molecule has 0 saturated carbocycles. The van der Waals surface area contributed by atoms with Crippen LogP contribution < -0.4 is 30.5 Å². The summed E-state index contributed by atoms with van der Waals surface area (Å²) in [6.45, 7) is 6.83. The molecule has 5 rings (SSSR count). The first-order chi connectivity index (χ1) is 20.8. The standard InChI is InChI=1S/C34H36ClN5O3/c1-23-13-14-27(22-29(23)35)38-34(42)37-26-15-16-30(28(21-26)33(41)36-24(2)25-9-5-4-6-10-25)39-17-19-40(20-18-39)31-11-7-8-12-32(31)43-3/h4-16,21-22,24H,17-20H2,1-3H3,(H,36,41)(H2,37,38,42). The number of anilines is 4. The predicted molar refractivity (Wildman–Crippen MR) is 175 cm³/mol. The van der Waals surface area contributed by atoms with Gasteiger partial charge in [-0.1, -0.05) is 60.1 Å². The number of halogens is 1. The number of amides is 3. The average Bonchev–Trinajstić information content (AvgIpc) is 3.03. The lowest BCUT2D eigenvalue weighted by atomic mass is 10.1. The number of hydrogen-bond acceptors (Lipinski definition) is 5. The largest absolute Gasteiger partial charge is 0.495 e. The van der Waals surface area contributed by atoms with E-state index in [2.05, 4.69) is 31.8 Å². The van der Waals surface area contributed by atoms with E-state index < -0.39 is 6.03 Å². The molecule has 1 heterocycles. The van der Waals surface area contributed by atoms with E-state index in [1.807, 2.05) is 80.6 Å². The molecule has 0 aromatic heterocycles. The first-order valence-corrected chi connectivity index (χ1v) is 14.7. The maximum absolute atomic E-state index is 13.8. The van der Waals surface area contributed by atoms with Gasteiger partial charge in [-0.2, -0.15) is 0 Å². The molecule has 0 spiro atoms. The Hall–Kier alpha value is -4.69. The highest BCUT2D eigenvalue weighted by molar-refractivity contribution is 6.31. The highest BCUT2D eigenvalue weighted by Crippen LogP contribution is 2.31. The van der Waals surface area contributed by atoms with Gasteiger partial charge in [0.1, 0.15) is 5.75 Å². The molecular formula is C34H36ClN5O3. The summed E-state index contributed by atoms with van der Waals surface area (Å²) < 4.78 is 5.57. The number of carbonyl (C=O) groups is 2. The first kappa shape index (κ1) is 29.8. The summed E-state index contributed by atoms with van der Waals surface area (Å²) in [5, 5.41) is 9.38. The second-order valence-corrected chi connectivity index (χ2v) is 10.9. The Bertz CT molecular complexity index is 1590. The summed E-state index contributed by atoms with van der Waals surface area (Å²) in [4.78, 5) is 31.1. The molecule has 1 fully saturated rings. The van der Waals surface area contributed by atoms with E-state index in [0.29, 0.717) is 35.1 Å². The fourth-order valence-corrected chi connectivity index (χ4v) is 5.39. The average molecular weight is 598 g/mol. The second-order valence-electron chi connectivity index (χ2n) is 10.5. The molecule has 1 aliphatic heterocycles.